The maximum absolute atomic E-state index is 6.17. The molecule has 2 heterocycles. The molecule has 3 aromatic rings. The van der Waals surface area contributed by atoms with Gasteiger partial charge in [0, 0.05) is 12.4 Å². The molecule has 3 rings (SSSR count). The Morgan fingerprint density at radius 2 is 1.79 bits per heavy atom. The molecule has 3 N–H and O–H groups in total. The third-order valence-corrected chi connectivity index (χ3v) is 3.62. The molecular formula is C13H10Cl2N4. The topological polar surface area (TPSA) is 67.6 Å². The Morgan fingerprint density at radius 3 is 2.53 bits per heavy atom. The van der Waals surface area contributed by atoms with Gasteiger partial charge in [-0.05, 0) is 29.8 Å². The molecule has 6 heteroatoms. The Kier molecular flexibility index (Phi) is 3.14. The second kappa shape index (κ2) is 4.81. The average Bonchev–Trinajstić information content (AvgIpc) is 2.82. The highest BCUT2D eigenvalue weighted by Crippen LogP contribution is 2.28. The van der Waals surface area contributed by atoms with E-state index in [-0.39, 0.29) is 6.04 Å². The minimum atomic E-state index is -0.340. The molecule has 0 radical (unpaired) electrons. The van der Waals surface area contributed by atoms with E-state index in [9.17, 15) is 0 Å². The van der Waals surface area contributed by atoms with E-state index in [1.54, 1.807) is 24.5 Å². The Labute approximate surface area is 119 Å². The lowest BCUT2D eigenvalue weighted by Crippen LogP contribution is -2.13. The van der Waals surface area contributed by atoms with Crippen LogP contribution in [0.3, 0.4) is 0 Å². The number of nitrogens with two attached hydrogens (primary N) is 1. The lowest BCUT2D eigenvalue weighted by molar-refractivity contribution is 0.803. The number of pyridine rings is 1. The monoisotopic (exact) mass is 292 g/mol. The summed E-state index contributed by atoms with van der Waals surface area (Å²) in [4.78, 5) is 11.6. The molecule has 0 amide bonds. The summed E-state index contributed by atoms with van der Waals surface area (Å²) in [5, 5.41) is 0.964. The third-order valence-electron chi connectivity index (χ3n) is 2.90. The molecule has 19 heavy (non-hydrogen) atoms. The van der Waals surface area contributed by atoms with Crippen molar-refractivity contribution in [2.45, 2.75) is 6.04 Å². The molecule has 0 aliphatic carbocycles. The number of halogens is 2. The molecule has 0 saturated heterocycles. The van der Waals surface area contributed by atoms with Gasteiger partial charge in [0.25, 0.3) is 0 Å². The van der Waals surface area contributed by atoms with Crippen LogP contribution in [0.1, 0.15) is 17.4 Å². The molecule has 0 bridgehead atoms. The highest BCUT2D eigenvalue weighted by molar-refractivity contribution is 6.42. The van der Waals surface area contributed by atoms with Crippen molar-refractivity contribution in [3.63, 3.8) is 0 Å². The van der Waals surface area contributed by atoms with Crippen LogP contribution in [0.15, 0.2) is 36.7 Å². The van der Waals surface area contributed by atoms with Gasteiger partial charge in [-0.3, -0.25) is 4.98 Å². The quantitative estimate of drug-likeness (QED) is 0.761. The number of hydrogen-bond acceptors (Lipinski definition) is 3. The molecule has 96 valence electrons. The summed E-state index contributed by atoms with van der Waals surface area (Å²) < 4.78 is 0. The van der Waals surface area contributed by atoms with Crippen LogP contribution in [-0.2, 0) is 0 Å². The maximum Gasteiger partial charge on any atom is 0.128 e. The van der Waals surface area contributed by atoms with E-state index < -0.39 is 0 Å². The standard InChI is InChI=1S/C13H10Cl2N4/c14-8-5-10-11(6-9(8)15)19-13(18-10)12(16)7-1-3-17-4-2-7/h1-6,12H,16H2,(H,18,19). The zero-order chi connectivity index (χ0) is 13.4. The van der Waals surface area contributed by atoms with E-state index in [4.69, 9.17) is 28.9 Å². The number of fused-ring (bicyclic) bond motifs is 1. The van der Waals surface area contributed by atoms with Gasteiger partial charge < -0.3 is 10.7 Å². The summed E-state index contributed by atoms with van der Waals surface area (Å²) in [6, 6.07) is 6.84. The first kappa shape index (κ1) is 12.4. The maximum atomic E-state index is 6.17. The number of aromatic amines is 1. The van der Waals surface area contributed by atoms with Crippen LogP contribution < -0.4 is 5.73 Å². The van der Waals surface area contributed by atoms with E-state index >= 15 is 0 Å². The third kappa shape index (κ3) is 2.30. The van der Waals surface area contributed by atoms with Crippen LogP contribution in [0.25, 0.3) is 11.0 Å². The average molecular weight is 293 g/mol. The summed E-state index contributed by atoms with van der Waals surface area (Å²) in [6.07, 6.45) is 3.40. The van der Waals surface area contributed by atoms with Crippen molar-refractivity contribution in [2.75, 3.05) is 0 Å². The van der Waals surface area contributed by atoms with Gasteiger partial charge in [0.15, 0.2) is 0 Å². The van der Waals surface area contributed by atoms with Crippen molar-refractivity contribution in [1.82, 2.24) is 15.0 Å². The summed E-state index contributed by atoms with van der Waals surface area (Å²) in [7, 11) is 0. The summed E-state index contributed by atoms with van der Waals surface area (Å²) in [5.41, 5.74) is 8.66. The van der Waals surface area contributed by atoms with Crippen LogP contribution in [0.5, 0.6) is 0 Å². The van der Waals surface area contributed by atoms with Crippen LogP contribution >= 0.6 is 23.2 Å². The van der Waals surface area contributed by atoms with E-state index in [0.717, 1.165) is 16.6 Å². The van der Waals surface area contributed by atoms with Crippen LogP contribution in [-0.4, -0.2) is 15.0 Å². The molecule has 1 unspecified atom stereocenters. The summed E-state index contributed by atoms with van der Waals surface area (Å²) >= 11 is 11.9. The van der Waals surface area contributed by atoms with Gasteiger partial charge in [-0.25, -0.2) is 4.98 Å². The number of imidazole rings is 1. The fourth-order valence-electron chi connectivity index (χ4n) is 1.90. The second-order valence-corrected chi connectivity index (χ2v) is 4.98. The minimum Gasteiger partial charge on any atom is -0.340 e. The van der Waals surface area contributed by atoms with Crippen molar-refractivity contribution < 1.29 is 0 Å². The Morgan fingerprint density at radius 1 is 1.11 bits per heavy atom. The van der Waals surface area contributed by atoms with E-state index in [1.807, 2.05) is 12.1 Å². The molecule has 1 aromatic carbocycles. The molecule has 4 nitrogen and oxygen atoms in total. The van der Waals surface area contributed by atoms with Crippen LogP contribution in [0.2, 0.25) is 10.0 Å². The number of benzene rings is 1. The van der Waals surface area contributed by atoms with E-state index in [0.29, 0.717) is 15.9 Å². The Hall–Kier alpha value is -1.62. The summed E-state index contributed by atoms with van der Waals surface area (Å²) in [5.74, 6) is 0.666. The first-order valence-corrected chi connectivity index (χ1v) is 6.41. The molecule has 0 fully saturated rings. The van der Waals surface area contributed by atoms with Gasteiger partial charge in [-0.2, -0.15) is 0 Å². The molecule has 0 aliphatic rings. The SMILES string of the molecule is NC(c1ccncc1)c1nc2cc(Cl)c(Cl)cc2[nH]1. The molecular weight excluding hydrogens is 283 g/mol. The van der Waals surface area contributed by atoms with Gasteiger partial charge in [0.2, 0.25) is 0 Å². The zero-order valence-electron chi connectivity index (χ0n) is 9.77. The fraction of sp³-hybridized carbons (Fsp3) is 0.0769. The first-order chi connectivity index (χ1) is 9.15. The van der Waals surface area contributed by atoms with Gasteiger partial charge in [0.1, 0.15) is 5.82 Å². The Balaban J connectivity index is 2.06. The normalized spacial score (nSPS) is 12.8. The number of nitrogens with one attached hydrogen (secondary N) is 1. The molecule has 1 atom stereocenters. The largest absolute Gasteiger partial charge is 0.340 e. The van der Waals surface area contributed by atoms with Crippen molar-refractivity contribution in [1.29, 1.82) is 0 Å². The van der Waals surface area contributed by atoms with Crippen LogP contribution in [0, 0.1) is 0 Å². The zero-order valence-corrected chi connectivity index (χ0v) is 11.3. The number of aromatic nitrogens is 3. The smallest absolute Gasteiger partial charge is 0.128 e. The van der Waals surface area contributed by atoms with Crippen LogP contribution in [0.4, 0.5) is 0 Å². The molecule has 0 aliphatic heterocycles. The second-order valence-electron chi connectivity index (χ2n) is 4.16. The van der Waals surface area contributed by atoms with Crippen molar-refractivity contribution in [3.05, 3.63) is 58.1 Å². The predicted molar refractivity (Wildman–Crippen MR) is 76.4 cm³/mol. The lowest BCUT2D eigenvalue weighted by atomic mass is 10.1. The molecule has 0 spiro atoms. The summed E-state index contributed by atoms with van der Waals surface area (Å²) in [6.45, 7) is 0. The minimum absolute atomic E-state index is 0.340. The van der Waals surface area contributed by atoms with Crippen molar-refractivity contribution in [3.8, 4) is 0 Å². The van der Waals surface area contributed by atoms with Gasteiger partial charge in [0.05, 0.1) is 27.1 Å². The number of H-pyrrole nitrogens is 1. The van der Waals surface area contributed by atoms with Gasteiger partial charge >= 0.3 is 0 Å². The molecule has 0 saturated carbocycles. The van der Waals surface area contributed by atoms with Gasteiger partial charge in [-0.15, -0.1) is 0 Å². The fourth-order valence-corrected chi connectivity index (χ4v) is 2.22. The lowest BCUT2D eigenvalue weighted by Gasteiger charge is -2.07. The Bertz CT molecular complexity index is 685. The molecule has 2 aromatic heterocycles. The number of nitrogens with zero attached hydrogens (tertiary/aromatic N) is 2. The van der Waals surface area contributed by atoms with Crippen molar-refractivity contribution >= 4 is 34.2 Å². The highest BCUT2D eigenvalue weighted by atomic mass is 35.5. The van der Waals surface area contributed by atoms with E-state index in [1.165, 1.54) is 0 Å². The number of rotatable bonds is 2. The predicted octanol–water partition coefficient (Wildman–Crippen LogP) is 3.31. The first-order valence-electron chi connectivity index (χ1n) is 5.65. The number of hydrogen-bond donors (Lipinski definition) is 2. The van der Waals surface area contributed by atoms with E-state index in [2.05, 4.69) is 15.0 Å². The van der Waals surface area contributed by atoms with Crippen molar-refractivity contribution in [2.24, 2.45) is 5.73 Å². The highest BCUT2D eigenvalue weighted by Gasteiger charge is 2.14. The van der Waals surface area contributed by atoms with Gasteiger partial charge in [-0.1, -0.05) is 23.2 Å².